The summed E-state index contributed by atoms with van der Waals surface area (Å²) in [4.78, 5) is 28.5. The van der Waals surface area contributed by atoms with E-state index in [1.165, 1.54) is 6.07 Å². The number of sulfonamides is 1. The fraction of sp³-hybridized carbons (Fsp3) is 0.370. The second-order valence-corrected chi connectivity index (χ2v) is 11.5. The maximum atomic E-state index is 13.1. The van der Waals surface area contributed by atoms with Crippen molar-refractivity contribution in [1.82, 2.24) is 19.6 Å². The fourth-order valence-electron chi connectivity index (χ4n) is 3.95. The second kappa shape index (κ2) is 14.0. The summed E-state index contributed by atoms with van der Waals surface area (Å²) in [5.74, 6) is -0.544. The predicted octanol–water partition coefficient (Wildman–Crippen LogP) is 3.57. The average molecular weight is 593 g/mol. The molecule has 1 aromatic heterocycles. The van der Waals surface area contributed by atoms with E-state index in [0.29, 0.717) is 29.1 Å². The first-order valence-electron chi connectivity index (χ1n) is 12.6. The molecule has 0 aliphatic heterocycles. The molecule has 0 aliphatic rings. The van der Waals surface area contributed by atoms with Crippen LogP contribution in [0.15, 0.2) is 53.4 Å². The van der Waals surface area contributed by atoms with E-state index in [4.69, 9.17) is 11.6 Å². The number of aryl methyl sites for hydroxylation is 1. The molecular weight excluding hydrogens is 560 g/mol. The van der Waals surface area contributed by atoms with E-state index < -0.39 is 28.4 Å². The maximum absolute atomic E-state index is 13.1. The zero-order valence-electron chi connectivity index (χ0n) is 21.9. The van der Waals surface area contributed by atoms with Crippen molar-refractivity contribution in [2.75, 3.05) is 12.3 Å². The number of nitrogens with zero attached hydrogens (tertiary/aromatic N) is 2. The van der Waals surface area contributed by atoms with Gasteiger partial charge >= 0.3 is 0 Å². The molecule has 3 aromatic rings. The number of aromatic nitrogens is 2. The van der Waals surface area contributed by atoms with Crippen LogP contribution >= 0.6 is 24.2 Å². The van der Waals surface area contributed by atoms with Crippen molar-refractivity contribution < 1.29 is 23.1 Å². The van der Waals surface area contributed by atoms with Gasteiger partial charge in [-0.3, -0.25) is 9.59 Å². The quantitative estimate of drug-likeness (QED) is 0.225. The van der Waals surface area contributed by atoms with Crippen LogP contribution in [-0.4, -0.2) is 47.2 Å². The van der Waals surface area contributed by atoms with Crippen molar-refractivity contribution in [3.05, 3.63) is 70.8 Å². The molecule has 1 heterocycles. The van der Waals surface area contributed by atoms with Gasteiger partial charge in [0.1, 0.15) is 5.82 Å². The van der Waals surface area contributed by atoms with Crippen LogP contribution in [0.5, 0.6) is 0 Å². The lowest BCUT2D eigenvalue weighted by Gasteiger charge is -2.14. The highest BCUT2D eigenvalue weighted by Crippen LogP contribution is 2.28. The lowest BCUT2D eigenvalue weighted by atomic mass is 10.0. The summed E-state index contributed by atoms with van der Waals surface area (Å²) < 4.78 is 30.1. The number of amides is 2. The number of carbonyl (C=O) groups is 2. The Morgan fingerprint density at radius 3 is 2.49 bits per heavy atom. The Hall–Kier alpha value is -2.86. The summed E-state index contributed by atoms with van der Waals surface area (Å²) in [5.41, 5.74) is 2.53. The third kappa shape index (κ3) is 7.84. The normalized spacial score (nSPS) is 12.2. The monoisotopic (exact) mass is 592 g/mol. The van der Waals surface area contributed by atoms with E-state index in [9.17, 15) is 23.1 Å². The standard InChI is InChI=1S/C27H33ClN4O5S2/c1-3-4-9-24-30-26(28)22(16-33)32(24)15-19-10-12-20(13-11-19)21-7-5-6-8-23(21)39(36,37)31-25(34)14-29-27(35)18(2)17-38/h5-8,10-13,18,33,38H,3-4,9,14-17H2,1-2H3,(H,29,35)(H,31,34)/t18-/m0/s1. The highest BCUT2D eigenvalue weighted by molar-refractivity contribution is 7.90. The molecule has 0 saturated heterocycles. The van der Waals surface area contributed by atoms with Crippen LogP contribution in [0.4, 0.5) is 0 Å². The van der Waals surface area contributed by atoms with Gasteiger partial charge in [0, 0.05) is 30.2 Å². The largest absolute Gasteiger partial charge is 0.390 e. The molecule has 2 amide bonds. The summed E-state index contributed by atoms with van der Waals surface area (Å²) >= 11 is 10.3. The first-order chi connectivity index (χ1) is 18.6. The van der Waals surface area contributed by atoms with Crippen molar-refractivity contribution >= 4 is 46.1 Å². The van der Waals surface area contributed by atoms with Gasteiger partial charge in [-0.1, -0.05) is 74.3 Å². The van der Waals surface area contributed by atoms with Gasteiger partial charge in [0.25, 0.3) is 15.9 Å². The number of unbranched alkanes of at least 4 members (excludes halogenated alkanes) is 1. The Balaban J connectivity index is 1.80. The molecule has 210 valence electrons. The minimum Gasteiger partial charge on any atom is -0.390 e. The fourth-order valence-corrected chi connectivity index (χ4v) is 5.59. The van der Waals surface area contributed by atoms with Gasteiger partial charge in [0.15, 0.2) is 5.15 Å². The first-order valence-corrected chi connectivity index (χ1v) is 15.1. The highest BCUT2D eigenvalue weighted by Gasteiger charge is 2.23. The van der Waals surface area contributed by atoms with Crippen LogP contribution in [0.3, 0.4) is 0 Å². The van der Waals surface area contributed by atoms with E-state index in [1.807, 2.05) is 21.4 Å². The van der Waals surface area contributed by atoms with E-state index in [2.05, 4.69) is 29.9 Å². The molecule has 0 spiro atoms. The molecule has 2 aromatic carbocycles. The molecule has 3 N–H and O–H groups in total. The molecule has 0 radical (unpaired) electrons. The molecule has 9 nitrogen and oxygen atoms in total. The SMILES string of the molecule is CCCCc1nc(Cl)c(CO)n1Cc1ccc(-c2ccccc2S(=O)(=O)NC(=O)CNC(=O)[C@@H](C)CS)cc1. The minimum absolute atomic E-state index is 0.0630. The minimum atomic E-state index is -4.21. The second-order valence-electron chi connectivity index (χ2n) is 9.14. The van der Waals surface area contributed by atoms with E-state index in [0.717, 1.165) is 30.7 Å². The Bertz CT molecular complexity index is 1410. The lowest BCUT2D eigenvalue weighted by molar-refractivity contribution is -0.127. The smallest absolute Gasteiger partial charge is 0.264 e. The van der Waals surface area contributed by atoms with Crippen molar-refractivity contribution in [3.8, 4) is 11.1 Å². The molecule has 12 heteroatoms. The van der Waals surface area contributed by atoms with Gasteiger partial charge in [-0.15, -0.1) is 0 Å². The maximum Gasteiger partial charge on any atom is 0.264 e. The molecular formula is C27H33ClN4O5S2. The van der Waals surface area contributed by atoms with Crippen LogP contribution in [0.2, 0.25) is 5.15 Å². The molecule has 0 bridgehead atoms. The number of aliphatic hydroxyl groups is 1. The van der Waals surface area contributed by atoms with E-state index in [1.54, 1.807) is 37.3 Å². The first kappa shape index (κ1) is 30.7. The molecule has 1 atom stereocenters. The third-order valence-corrected chi connectivity index (χ3v) is 8.46. The highest BCUT2D eigenvalue weighted by atomic mass is 35.5. The average Bonchev–Trinajstić information content (AvgIpc) is 3.23. The van der Waals surface area contributed by atoms with Gasteiger partial charge in [0.2, 0.25) is 5.91 Å². The number of rotatable bonds is 13. The number of aliphatic hydroxyl groups excluding tert-OH is 1. The number of hydrogen-bond donors (Lipinski definition) is 4. The van der Waals surface area contributed by atoms with Crippen LogP contribution in [0.1, 0.15) is 43.8 Å². The Morgan fingerprint density at radius 1 is 1.15 bits per heavy atom. The zero-order valence-corrected chi connectivity index (χ0v) is 24.3. The van der Waals surface area contributed by atoms with E-state index >= 15 is 0 Å². The summed E-state index contributed by atoms with van der Waals surface area (Å²) in [7, 11) is -4.21. The third-order valence-electron chi connectivity index (χ3n) is 6.18. The topological polar surface area (TPSA) is 130 Å². The van der Waals surface area contributed by atoms with Gasteiger partial charge in [-0.2, -0.15) is 12.6 Å². The van der Waals surface area contributed by atoms with Crippen molar-refractivity contribution in [3.63, 3.8) is 0 Å². The number of benzene rings is 2. The lowest BCUT2D eigenvalue weighted by Crippen LogP contribution is -2.41. The van der Waals surface area contributed by atoms with Crippen molar-refractivity contribution in [1.29, 1.82) is 0 Å². The Kier molecular flexibility index (Phi) is 11.0. The molecule has 3 rings (SSSR count). The number of carbonyl (C=O) groups excluding carboxylic acids is 2. The van der Waals surface area contributed by atoms with Crippen LogP contribution in [0.25, 0.3) is 11.1 Å². The van der Waals surface area contributed by atoms with Crippen molar-refractivity contribution in [2.24, 2.45) is 5.92 Å². The molecule has 39 heavy (non-hydrogen) atoms. The predicted molar refractivity (Wildman–Crippen MR) is 154 cm³/mol. The molecule has 0 saturated carbocycles. The number of imidazole rings is 1. The number of hydrogen-bond acceptors (Lipinski definition) is 7. The van der Waals surface area contributed by atoms with E-state index in [-0.39, 0.29) is 22.6 Å². The van der Waals surface area contributed by atoms with Crippen molar-refractivity contribution in [2.45, 2.75) is 51.2 Å². The van der Waals surface area contributed by atoms with Gasteiger partial charge in [-0.25, -0.2) is 18.1 Å². The van der Waals surface area contributed by atoms with Crippen LogP contribution in [0, 0.1) is 5.92 Å². The number of halogens is 1. The van der Waals surface area contributed by atoms with Gasteiger partial charge in [-0.05, 0) is 23.6 Å². The van der Waals surface area contributed by atoms with Gasteiger partial charge < -0.3 is 15.0 Å². The number of thiol groups is 1. The molecule has 0 aliphatic carbocycles. The van der Waals surface area contributed by atoms with Crippen LogP contribution in [-0.2, 0) is 39.2 Å². The van der Waals surface area contributed by atoms with Gasteiger partial charge in [0.05, 0.1) is 23.7 Å². The Labute approximate surface area is 239 Å². The Morgan fingerprint density at radius 2 is 1.85 bits per heavy atom. The summed E-state index contributed by atoms with van der Waals surface area (Å²) in [6.07, 6.45) is 2.68. The zero-order chi connectivity index (χ0) is 28.6. The summed E-state index contributed by atoms with van der Waals surface area (Å²) in [6, 6.07) is 13.7. The van der Waals surface area contributed by atoms with Crippen LogP contribution < -0.4 is 10.0 Å². The summed E-state index contributed by atoms with van der Waals surface area (Å²) in [5, 5.41) is 12.5. The number of nitrogens with one attached hydrogen (secondary N) is 2. The molecule has 0 unspecified atom stereocenters. The molecule has 0 fully saturated rings. The summed E-state index contributed by atoms with van der Waals surface area (Å²) in [6.45, 7) is 3.49.